The average molecular weight is 270 g/mol. The van der Waals surface area contributed by atoms with Gasteiger partial charge >= 0.3 is 0 Å². The maximum atomic E-state index is 12.0. The Labute approximate surface area is 117 Å². The monoisotopic (exact) mass is 270 g/mol. The van der Waals surface area contributed by atoms with Gasteiger partial charge in [-0.2, -0.15) is 0 Å². The second-order valence-corrected chi connectivity index (χ2v) is 5.48. The Morgan fingerprint density at radius 3 is 2.32 bits per heavy atom. The summed E-state index contributed by atoms with van der Waals surface area (Å²) in [6, 6.07) is 0.419. The molecule has 1 saturated heterocycles. The van der Waals surface area contributed by atoms with Crippen LogP contribution in [0, 0.1) is 0 Å². The Hall–Kier alpha value is -0.650. The van der Waals surface area contributed by atoms with Gasteiger partial charge in [-0.3, -0.25) is 14.6 Å². The highest BCUT2D eigenvalue weighted by Crippen LogP contribution is 2.09. The minimum Gasteiger partial charge on any atom is -0.355 e. The summed E-state index contributed by atoms with van der Waals surface area (Å²) in [4.78, 5) is 16.7. The van der Waals surface area contributed by atoms with Gasteiger partial charge in [-0.15, -0.1) is 0 Å². The molecule has 1 aliphatic heterocycles. The quantitative estimate of drug-likeness (QED) is 0.651. The highest BCUT2D eigenvalue weighted by molar-refractivity contribution is 5.81. The SMILES string of the molecule is CCCCNC(=O)C(C)N1CCN(C(C)CN)CC1. The van der Waals surface area contributed by atoms with Gasteiger partial charge < -0.3 is 11.1 Å². The van der Waals surface area contributed by atoms with Crippen LogP contribution in [-0.4, -0.2) is 67.1 Å². The van der Waals surface area contributed by atoms with Crippen molar-refractivity contribution in [3.8, 4) is 0 Å². The van der Waals surface area contributed by atoms with E-state index in [1.54, 1.807) is 0 Å². The van der Waals surface area contributed by atoms with Gasteiger partial charge in [0.25, 0.3) is 0 Å². The maximum Gasteiger partial charge on any atom is 0.237 e. The number of carbonyl (C=O) groups excluding carboxylic acids is 1. The second kappa shape index (κ2) is 8.51. The van der Waals surface area contributed by atoms with Crippen LogP contribution in [0.4, 0.5) is 0 Å². The first-order chi connectivity index (χ1) is 9.10. The molecule has 5 nitrogen and oxygen atoms in total. The van der Waals surface area contributed by atoms with Crippen LogP contribution in [-0.2, 0) is 4.79 Å². The summed E-state index contributed by atoms with van der Waals surface area (Å²) >= 11 is 0. The molecular weight excluding hydrogens is 240 g/mol. The van der Waals surface area contributed by atoms with Gasteiger partial charge in [-0.1, -0.05) is 13.3 Å². The Morgan fingerprint density at radius 1 is 1.21 bits per heavy atom. The summed E-state index contributed by atoms with van der Waals surface area (Å²) < 4.78 is 0. The Morgan fingerprint density at radius 2 is 1.79 bits per heavy atom. The fourth-order valence-electron chi connectivity index (χ4n) is 2.42. The zero-order valence-electron chi connectivity index (χ0n) is 12.7. The minimum atomic E-state index is -0.0211. The molecule has 1 heterocycles. The van der Waals surface area contributed by atoms with Gasteiger partial charge in [0.2, 0.25) is 5.91 Å². The summed E-state index contributed by atoms with van der Waals surface area (Å²) in [7, 11) is 0. The molecule has 0 spiro atoms. The summed E-state index contributed by atoms with van der Waals surface area (Å²) in [6.45, 7) is 11.7. The number of hydrogen-bond donors (Lipinski definition) is 2. The first-order valence-corrected chi connectivity index (χ1v) is 7.56. The number of nitrogens with two attached hydrogens (primary N) is 1. The van der Waals surface area contributed by atoms with Crippen molar-refractivity contribution < 1.29 is 4.79 Å². The average Bonchev–Trinajstić information content (AvgIpc) is 2.46. The molecule has 0 radical (unpaired) electrons. The van der Waals surface area contributed by atoms with E-state index >= 15 is 0 Å². The Bertz CT molecular complexity index is 264. The Balaban J connectivity index is 2.31. The highest BCUT2D eigenvalue weighted by Gasteiger charge is 2.26. The smallest absolute Gasteiger partial charge is 0.237 e. The lowest BCUT2D eigenvalue weighted by atomic mass is 10.2. The first kappa shape index (κ1) is 16.4. The lowest BCUT2D eigenvalue weighted by Gasteiger charge is -2.39. The van der Waals surface area contributed by atoms with Crippen molar-refractivity contribution in [2.24, 2.45) is 5.73 Å². The summed E-state index contributed by atoms with van der Waals surface area (Å²) in [5.41, 5.74) is 5.69. The summed E-state index contributed by atoms with van der Waals surface area (Å²) in [5, 5.41) is 3.01. The number of nitrogens with zero attached hydrogens (tertiary/aromatic N) is 2. The fourth-order valence-corrected chi connectivity index (χ4v) is 2.42. The van der Waals surface area contributed by atoms with Crippen molar-refractivity contribution in [1.82, 2.24) is 15.1 Å². The van der Waals surface area contributed by atoms with Gasteiger partial charge in [0, 0.05) is 45.3 Å². The molecule has 1 fully saturated rings. The molecule has 0 aromatic heterocycles. The van der Waals surface area contributed by atoms with Crippen molar-refractivity contribution in [1.29, 1.82) is 0 Å². The zero-order chi connectivity index (χ0) is 14.3. The van der Waals surface area contributed by atoms with E-state index in [4.69, 9.17) is 5.73 Å². The molecule has 0 aromatic carbocycles. The number of unbranched alkanes of at least 4 members (excludes halogenated alkanes) is 1. The van der Waals surface area contributed by atoms with E-state index in [2.05, 4.69) is 29.0 Å². The van der Waals surface area contributed by atoms with E-state index in [1.165, 1.54) is 0 Å². The van der Waals surface area contributed by atoms with E-state index in [1.807, 2.05) is 6.92 Å². The van der Waals surface area contributed by atoms with Crippen molar-refractivity contribution in [2.75, 3.05) is 39.3 Å². The molecule has 3 N–H and O–H groups in total. The van der Waals surface area contributed by atoms with Crippen LogP contribution >= 0.6 is 0 Å². The molecule has 2 atom stereocenters. The highest BCUT2D eigenvalue weighted by atomic mass is 16.2. The third-order valence-corrected chi connectivity index (χ3v) is 4.07. The molecule has 1 amide bonds. The van der Waals surface area contributed by atoms with Crippen LogP contribution in [0.15, 0.2) is 0 Å². The molecule has 0 aromatic rings. The van der Waals surface area contributed by atoms with Crippen LogP contribution in [0.25, 0.3) is 0 Å². The largest absolute Gasteiger partial charge is 0.355 e. The first-order valence-electron chi connectivity index (χ1n) is 7.56. The maximum absolute atomic E-state index is 12.0. The van der Waals surface area contributed by atoms with Crippen LogP contribution in [0.2, 0.25) is 0 Å². The predicted octanol–water partition coefficient (Wildman–Crippen LogP) is 0.256. The second-order valence-electron chi connectivity index (χ2n) is 5.48. The number of amides is 1. The summed E-state index contributed by atoms with van der Waals surface area (Å²) in [5.74, 6) is 0.161. The van der Waals surface area contributed by atoms with Crippen molar-refractivity contribution in [2.45, 2.75) is 45.7 Å². The van der Waals surface area contributed by atoms with E-state index in [0.29, 0.717) is 12.6 Å². The van der Waals surface area contributed by atoms with Crippen molar-refractivity contribution in [3.63, 3.8) is 0 Å². The van der Waals surface area contributed by atoms with Crippen molar-refractivity contribution >= 4 is 5.91 Å². The van der Waals surface area contributed by atoms with E-state index < -0.39 is 0 Å². The van der Waals surface area contributed by atoms with Crippen LogP contribution in [0.1, 0.15) is 33.6 Å². The molecule has 19 heavy (non-hydrogen) atoms. The molecular formula is C14H30N4O. The molecule has 1 aliphatic rings. The van der Waals surface area contributed by atoms with E-state index in [9.17, 15) is 4.79 Å². The molecule has 0 aliphatic carbocycles. The fraction of sp³-hybridized carbons (Fsp3) is 0.929. The number of nitrogens with one attached hydrogen (secondary N) is 1. The standard InChI is InChI=1S/C14H30N4O/c1-4-5-6-16-14(19)13(3)18-9-7-17(8-10-18)12(2)11-15/h12-13H,4-11,15H2,1-3H3,(H,16,19). The lowest BCUT2D eigenvalue weighted by molar-refractivity contribution is -0.126. The molecule has 0 saturated carbocycles. The van der Waals surface area contributed by atoms with Gasteiger partial charge in [0.1, 0.15) is 0 Å². The molecule has 112 valence electrons. The topological polar surface area (TPSA) is 61.6 Å². The molecule has 2 unspecified atom stereocenters. The normalized spacial score (nSPS) is 21.1. The van der Waals surface area contributed by atoms with Gasteiger partial charge in [-0.05, 0) is 20.3 Å². The predicted molar refractivity (Wildman–Crippen MR) is 79.0 cm³/mol. The number of hydrogen-bond acceptors (Lipinski definition) is 4. The molecule has 5 heteroatoms. The van der Waals surface area contributed by atoms with E-state index in [-0.39, 0.29) is 11.9 Å². The van der Waals surface area contributed by atoms with Crippen molar-refractivity contribution in [3.05, 3.63) is 0 Å². The number of carbonyl (C=O) groups is 1. The lowest BCUT2D eigenvalue weighted by Crippen LogP contribution is -2.56. The molecule has 1 rings (SSSR count). The van der Waals surface area contributed by atoms with Crippen LogP contribution in [0.5, 0.6) is 0 Å². The van der Waals surface area contributed by atoms with Gasteiger partial charge in [0.15, 0.2) is 0 Å². The Kier molecular flexibility index (Phi) is 7.34. The van der Waals surface area contributed by atoms with E-state index in [0.717, 1.165) is 45.6 Å². The summed E-state index contributed by atoms with van der Waals surface area (Å²) in [6.07, 6.45) is 2.17. The number of rotatable bonds is 7. The van der Waals surface area contributed by atoms with Gasteiger partial charge in [0.05, 0.1) is 6.04 Å². The van der Waals surface area contributed by atoms with Crippen LogP contribution in [0.3, 0.4) is 0 Å². The molecule has 0 bridgehead atoms. The van der Waals surface area contributed by atoms with Crippen LogP contribution < -0.4 is 11.1 Å². The zero-order valence-corrected chi connectivity index (χ0v) is 12.7. The minimum absolute atomic E-state index is 0.0211. The van der Waals surface area contributed by atoms with Gasteiger partial charge in [-0.25, -0.2) is 0 Å². The third kappa shape index (κ3) is 5.09. The third-order valence-electron chi connectivity index (χ3n) is 4.07. The number of piperazine rings is 1.